The van der Waals surface area contributed by atoms with Gasteiger partial charge < -0.3 is 15.5 Å². The number of hydrogen-bond acceptors (Lipinski definition) is 3. The quantitative estimate of drug-likeness (QED) is 0.780. The lowest BCUT2D eigenvalue weighted by Crippen LogP contribution is -2.29. The van der Waals surface area contributed by atoms with E-state index in [1.807, 2.05) is 0 Å². The predicted molar refractivity (Wildman–Crippen MR) is 72.2 cm³/mol. The number of carbonyl (C=O) groups is 2. The molecule has 0 aliphatic carbocycles. The summed E-state index contributed by atoms with van der Waals surface area (Å²) in [6, 6.07) is 3.39. The third-order valence-electron chi connectivity index (χ3n) is 3.09. The van der Waals surface area contributed by atoms with Gasteiger partial charge in [0.05, 0.1) is 5.41 Å². The molecule has 0 unspecified atom stereocenters. The first-order chi connectivity index (χ1) is 8.65. The molecule has 1 aromatic rings. The number of rotatable bonds is 4. The van der Waals surface area contributed by atoms with Crippen LogP contribution in [0, 0.1) is 19.3 Å². The Kier molecular flexibility index (Phi) is 4.19. The van der Waals surface area contributed by atoms with Crippen molar-refractivity contribution in [2.45, 2.75) is 34.1 Å². The van der Waals surface area contributed by atoms with Crippen molar-refractivity contribution in [3.05, 3.63) is 23.3 Å². The molecule has 0 atom stereocenters. The summed E-state index contributed by atoms with van der Waals surface area (Å²) < 4.78 is 0. The number of aliphatic carboxylic acids is 1. The van der Waals surface area contributed by atoms with Crippen LogP contribution in [0.5, 0.6) is 5.75 Å². The van der Waals surface area contributed by atoms with E-state index in [2.05, 4.69) is 5.32 Å². The van der Waals surface area contributed by atoms with Crippen molar-refractivity contribution in [1.82, 2.24) is 0 Å². The fourth-order valence-corrected chi connectivity index (χ4v) is 1.64. The molecule has 0 saturated heterocycles. The van der Waals surface area contributed by atoms with E-state index in [1.54, 1.807) is 26.0 Å². The van der Waals surface area contributed by atoms with Crippen LogP contribution in [0.4, 0.5) is 5.69 Å². The van der Waals surface area contributed by atoms with Gasteiger partial charge in [-0.05, 0) is 39.3 Å². The van der Waals surface area contributed by atoms with Crippen LogP contribution in [0.3, 0.4) is 0 Å². The Hall–Kier alpha value is -2.04. The van der Waals surface area contributed by atoms with Gasteiger partial charge in [0.2, 0.25) is 5.91 Å². The van der Waals surface area contributed by atoms with E-state index in [4.69, 9.17) is 5.11 Å². The minimum atomic E-state index is -1.12. The number of benzene rings is 1. The zero-order chi connectivity index (χ0) is 14.8. The van der Waals surface area contributed by atoms with Crippen LogP contribution in [0.2, 0.25) is 0 Å². The average molecular weight is 265 g/mol. The Bertz CT molecular complexity index is 520. The second-order valence-electron chi connectivity index (χ2n) is 5.32. The van der Waals surface area contributed by atoms with E-state index >= 15 is 0 Å². The third kappa shape index (κ3) is 3.47. The van der Waals surface area contributed by atoms with Crippen molar-refractivity contribution in [1.29, 1.82) is 0 Å². The van der Waals surface area contributed by atoms with Crippen LogP contribution in [0.25, 0.3) is 0 Å². The SMILES string of the molecule is Cc1ccc(NC(=O)CC(C)(C)C(=O)O)c(C)c1O. The van der Waals surface area contributed by atoms with Gasteiger partial charge in [-0.2, -0.15) is 0 Å². The number of nitrogens with one attached hydrogen (secondary N) is 1. The largest absolute Gasteiger partial charge is 0.507 e. The fourth-order valence-electron chi connectivity index (χ4n) is 1.64. The summed E-state index contributed by atoms with van der Waals surface area (Å²) in [7, 11) is 0. The van der Waals surface area contributed by atoms with Gasteiger partial charge in [-0.1, -0.05) is 6.07 Å². The Morgan fingerprint density at radius 1 is 1.26 bits per heavy atom. The Morgan fingerprint density at radius 2 is 1.84 bits per heavy atom. The van der Waals surface area contributed by atoms with Crippen LogP contribution in [0.1, 0.15) is 31.4 Å². The van der Waals surface area contributed by atoms with Gasteiger partial charge in [0.15, 0.2) is 0 Å². The molecule has 0 bridgehead atoms. The number of hydrogen-bond donors (Lipinski definition) is 3. The van der Waals surface area contributed by atoms with Crippen molar-refractivity contribution < 1.29 is 19.8 Å². The molecule has 0 radical (unpaired) electrons. The molecular weight excluding hydrogens is 246 g/mol. The Morgan fingerprint density at radius 3 is 2.37 bits per heavy atom. The third-order valence-corrected chi connectivity index (χ3v) is 3.09. The van der Waals surface area contributed by atoms with Crippen LogP contribution in [0.15, 0.2) is 12.1 Å². The molecule has 5 nitrogen and oxygen atoms in total. The monoisotopic (exact) mass is 265 g/mol. The maximum atomic E-state index is 11.8. The molecule has 104 valence electrons. The highest BCUT2D eigenvalue weighted by Crippen LogP contribution is 2.29. The maximum absolute atomic E-state index is 11.8. The van der Waals surface area contributed by atoms with Crippen LogP contribution < -0.4 is 5.32 Å². The number of phenols is 1. The van der Waals surface area contributed by atoms with Crippen molar-refractivity contribution in [3.63, 3.8) is 0 Å². The van der Waals surface area contributed by atoms with Gasteiger partial charge in [0.1, 0.15) is 5.75 Å². The van der Waals surface area contributed by atoms with Crippen LogP contribution in [-0.2, 0) is 9.59 Å². The number of aromatic hydroxyl groups is 1. The lowest BCUT2D eigenvalue weighted by Gasteiger charge is -2.19. The topological polar surface area (TPSA) is 86.6 Å². The highest BCUT2D eigenvalue weighted by Gasteiger charge is 2.30. The first-order valence-corrected chi connectivity index (χ1v) is 5.97. The number of carboxylic acid groups (broad SMARTS) is 1. The zero-order valence-electron chi connectivity index (χ0n) is 11.6. The summed E-state index contributed by atoms with van der Waals surface area (Å²) in [5.74, 6) is -1.28. The minimum Gasteiger partial charge on any atom is -0.507 e. The second kappa shape index (κ2) is 5.30. The fraction of sp³-hybridized carbons (Fsp3) is 0.429. The molecular formula is C14H19NO4. The molecule has 0 heterocycles. The normalized spacial score (nSPS) is 11.2. The summed E-state index contributed by atoms with van der Waals surface area (Å²) >= 11 is 0. The molecule has 1 amide bonds. The molecule has 19 heavy (non-hydrogen) atoms. The summed E-state index contributed by atoms with van der Waals surface area (Å²) in [6.45, 7) is 6.45. The van der Waals surface area contributed by atoms with Gasteiger partial charge in [-0.15, -0.1) is 0 Å². The maximum Gasteiger partial charge on any atom is 0.309 e. The average Bonchev–Trinajstić information content (AvgIpc) is 2.29. The molecule has 0 fully saturated rings. The summed E-state index contributed by atoms with van der Waals surface area (Å²) in [4.78, 5) is 22.8. The van der Waals surface area contributed by atoms with E-state index in [0.717, 1.165) is 5.56 Å². The standard InChI is InChI=1S/C14H19NO4/c1-8-5-6-10(9(2)12(8)17)15-11(16)7-14(3,4)13(18)19/h5-6,17H,7H2,1-4H3,(H,15,16)(H,18,19). The lowest BCUT2D eigenvalue weighted by atomic mass is 9.89. The smallest absolute Gasteiger partial charge is 0.309 e. The molecule has 0 aromatic heterocycles. The first kappa shape index (κ1) is 15.0. The van der Waals surface area contributed by atoms with Crippen LogP contribution >= 0.6 is 0 Å². The number of phenolic OH excluding ortho intramolecular Hbond substituents is 1. The van der Waals surface area contributed by atoms with E-state index in [0.29, 0.717) is 11.3 Å². The number of aryl methyl sites for hydroxylation is 1. The van der Waals surface area contributed by atoms with Crippen molar-refractivity contribution >= 4 is 17.6 Å². The lowest BCUT2D eigenvalue weighted by molar-refractivity contribution is -0.148. The van der Waals surface area contributed by atoms with Crippen molar-refractivity contribution in [3.8, 4) is 5.75 Å². The Labute approximate surface area is 112 Å². The molecule has 3 N–H and O–H groups in total. The molecule has 1 rings (SSSR count). The molecule has 5 heteroatoms. The van der Waals surface area contributed by atoms with Crippen molar-refractivity contribution in [2.75, 3.05) is 5.32 Å². The number of carbonyl (C=O) groups excluding carboxylic acids is 1. The number of amides is 1. The van der Waals surface area contributed by atoms with E-state index in [-0.39, 0.29) is 12.2 Å². The second-order valence-corrected chi connectivity index (χ2v) is 5.32. The summed E-state index contributed by atoms with van der Waals surface area (Å²) in [5.41, 5.74) is 0.669. The predicted octanol–water partition coefficient (Wildman–Crippen LogP) is 2.45. The number of anilines is 1. The summed E-state index contributed by atoms with van der Waals surface area (Å²) in [5, 5.41) is 21.4. The highest BCUT2D eigenvalue weighted by molar-refractivity contribution is 5.94. The minimum absolute atomic E-state index is 0.129. The highest BCUT2D eigenvalue weighted by atomic mass is 16.4. The molecule has 0 spiro atoms. The number of carboxylic acids is 1. The summed E-state index contributed by atoms with van der Waals surface area (Å²) in [6.07, 6.45) is -0.129. The zero-order valence-corrected chi connectivity index (χ0v) is 11.6. The molecule has 0 aliphatic rings. The van der Waals surface area contributed by atoms with Crippen molar-refractivity contribution in [2.24, 2.45) is 5.41 Å². The van der Waals surface area contributed by atoms with Gasteiger partial charge >= 0.3 is 5.97 Å². The molecule has 0 aliphatic heterocycles. The van der Waals surface area contributed by atoms with Crippen LogP contribution in [-0.4, -0.2) is 22.1 Å². The van der Waals surface area contributed by atoms with E-state index in [9.17, 15) is 14.7 Å². The van der Waals surface area contributed by atoms with E-state index in [1.165, 1.54) is 13.8 Å². The molecule has 1 aromatic carbocycles. The van der Waals surface area contributed by atoms with Gasteiger partial charge in [-0.3, -0.25) is 9.59 Å². The first-order valence-electron chi connectivity index (χ1n) is 5.97. The van der Waals surface area contributed by atoms with Gasteiger partial charge in [0, 0.05) is 17.7 Å². The van der Waals surface area contributed by atoms with Gasteiger partial charge in [-0.25, -0.2) is 0 Å². The Balaban J connectivity index is 2.84. The molecule has 0 saturated carbocycles. The van der Waals surface area contributed by atoms with Gasteiger partial charge in [0.25, 0.3) is 0 Å². The van der Waals surface area contributed by atoms with E-state index < -0.39 is 17.3 Å².